The van der Waals surface area contributed by atoms with Crippen LogP contribution >= 0.6 is 0 Å². The van der Waals surface area contributed by atoms with E-state index >= 15 is 0 Å². The molecule has 0 saturated heterocycles. The number of pyridine rings is 1. The molecule has 2 heterocycles. The molecule has 0 saturated carbocycles. The van der Waals surface area contributed by atoms with Gasteiger partial charge >= 0.3 is 5.97 Å². The van der Waals surface area contributed by atoms with Crippen LogP contribution in [0.5, 0.6) is 0 Å². The summed E-state index contributed by atoms with van der Waals surface area (Å²) in [4.78, 5) is 19.9. The number of ether oxygens (including phenoxy) is 1. The molecule has 0 atom stereocenters. The molecule has 2 rings (SSSR count). The maximum absolute atomic E-state index is 11.7. The van der Waals surface area contributed by atoms with Crippen LogP contribution in [0.25, 0.3) is 5.69 Å². The Labute approximate surface area is 104 Å². The molecule has 2 aromatic rings. The van der Waals surface area contributed by atoms with Gasteiger partial charge in [0.15, 0.2) is 0 Å². The van der Waals surface area contributed by atoms with Gasteiger partial charge in [-0.15, -0.1) is 0 Å². The van der Waals surface area contributed by atoms with Crippen molar-refractivity contribution >= 4 is 11.8 Å². The first-order chi connectivity index (χ1) is 8.54. The summed E-state index contributed by atoms with van der Waals surface area (Å²) < 4.78 is 6.53. The molecule has 0 fully saturated rings. The molecule has 94 valence electrons. The maximum atomic E-state index is 11.7. The van der Waals surface area contributed by atoms with Gasteiger partial charge in [-0.05, 0) is 19.9 Å². The van der Waals surface area contributed by atoms with E-state index in [0.717, 1.165) is 11.4 Å². The zero-order valence-electron chi connectivity index (χ0n) is 10.5. The summed E-state index contributed by atoms with van der Waals surface area (Å²) in [5, 5.41) is 0. The lowest BCUT2D eigenvalue weighted by Gasteiger charge is -2.10. The Bertz CT molecular complexity index is 604. The Kier molecular flexibility index (Phi) is 3.01. The van der Waals surface area contributed by atoms with Crippen molar-refractivity contribution in [2.24, 2.45) is 0 Å². The molecule has 2 N–H and O–H groups in total. The smallest absolute Gasteiger partial charge is 0.340 e. The molecule has 0 aromatic carbocycles. The summed E-state index contributed by atoms with van der Waals surface area (Å²) in [6.07, 6.45) is 3.18. The number of methoxy groups -OCH3 is 1. The van der Waals surface area contributed by atoms with Crippen LogP contribution in [0.3, 0.4) is 0 Å². The predicted molar refractivity (Wildman–Crippen MR) is 66.6 cm³/mol. The average molecular weight is 246 g/mol. The highest BCUT2D eigenvalue weighted by Gasteiger charge is 2.16. The van der Waals surface area contributed by atoms with Crippen molar-refractivity contribution in [2.75, 3.05) is 12.8 Å². The Morgan fingerprint density at radius 3 is 2.67 bits per heavy atom. The van der Waals surface area contributed by atoms with E-state index in [0.29, 0.717) is 11.3 Å². The van der Waals surface area contributed by atoms with Crippen LogP contribution in [0.1, 0.15) is 21.7 Å². The van der Waals surface area contributed by atoms with Crippen molar-refractivity contribution in [1.82, 2.24) is 14.5 Å². The van der Waals surface area contributed by atoms with Crippen LogP contribution in [0.2, 0.25) is 0 Å². The fraction of sp³-hybridized carbons (Fsp3) is 0.250. The number of carbonyl (C=O) groups is 1. The fourth-order valence-corrected chi connectivity index (χ4v) is 1.67. The summed E-state index contributed by atoms with van der Waals surface area (Å²) in [6.45, 7) is 3.81. The Hall–Kier alpha value is -2.37. The number of rotatable bonds is 2. The second-order valence-electron chi connectivity index (χ2n) is 3.90. The Morgan fingerprint density at radius 2 is 2.11 bits per heavy atom. The lowest BCUT2D eigenvalue weighted by atomic mass is 10.2. The van der Waals surface area contributed by atoms with Crippen molar-refractivity contribution in [3.05, 3.63) is 35.5 Å². The number of aromatic nitrogens is 3. The van der Waals surface area contributed by atoms with E-state index in [2.05, 4.69) is 9.97 Å². The SMILES string of the molecule is COC(=O)c1cc(N)ncc1-n1cnc(C)c1C. The van der Waals surface area contributed by atoms with E-state index in [4.69, 9.17) is 10.5 Å². The largest absolute Gasteiger partial charge is 0.465 e. The first kappa shape index (κ1) is 12.1. The molecule has 0 spiro atoms. The number of imidazole rings is 1. The summed E-state index contributed by atoms with van der Waals surface area (Å²) in [6, 6.07) is 1.50. The number of hydrogen-bond donors (Lipinski definition) is 1. The number of nitrogen functional groups attached to an aromatic ring is 1. The van der Waals surface area contributed by atoms with E-state index < -0.39 is 5.97 Å². The third-order valence-corrected chi connectivity index (χ3v) is 2.82. The third kappa shape index (κ3) is 1.92. The number of hydrogen-bond acceptors (Lipinski definition) is 5. The predicted octanol–water partition coefficient (Wildman–Crippen LogP) is 1.25. The topological polar surface area (TPSA) is 83.0 Å². The van der Waals surface area contributed by atoms with Crippen LogP contribution in [0, 0.1) is 13.8 Å². The van der Waals surface area contributed by atoms with Crippen molar-refractivity contribution in [1.29, 1.82) is 0 Å². The second-order valence-corrected chi connectivity index (χ2v) is 3.90. The average Bonchev–Trinajstić information content (AvgIpc) is 2.69. The van der Waals surface area contributed by atoms with Gasteiger partial charge in [0, 0.05) is 5.69 Å². The number of carbonyl (C=O) groups excluding carboxylic acids is 1. The Morgan fingerprint density at radius 1 is 1.39 bits per heavy atom. The van der Waals surface area contributed by atoms with Crippen LogP contribution in [-0.4, -0.2) is 27.6 Å². The molecule has 0 aliphatic rings. The molecule has 0 amide bonds. The summed E-state index contributed by atoms with van der Waals surface area (Å²) >= 11 is 0. The van der Waals surface area contributed by atoms with Gasteiger partial charge in [0.05, 0.1) is 36.6 Å². The van der Waals surface area contributed by atoms with Crippen molar-refractivity contribution < 1.29 is 9.53 Å². The van der Waals surface area contributed by atoms with Crippen LogP contribution in [0.4, 0.5) is 5.82 Å². The van der Waals surface area contributed by atoms with Gasteiger partial charge in [-0.1, -0.05) is 0 Å². The minimum absolute atomic E-state index is 0.272. The number of esters is 1. The highest BCUT2D eigenvalue weighted by molar-refractivity contribution is 5.94. The van der Waals surface area contributed by atoms with Crippen molar-refractivity contribution in [3.8, 4) is 5.69 Å². The highest BCUT2D eigenvalue weighted by atomic mass is 16.5. The van der Waals surface area contributed by atoms with Crippen LogP contribution in [0.15, 0.2) is 18.6 Å². The molecule has 0 aliphatic heterocycles. The lowest BCUT2D eigenvalue weighted by molar-refractivity contribution is 0.0600. The van der Waals surface area contributed by atoms with Gasteiger partial charge in [-0.2, -0.15) is 0 Å². The molecule has 2 aromatic heterocycles. The molecule has 0 radical (unpaired) electrons. The molecular weight excluding hydrogens is 232 g/mol. The third-order valence-electron chi connectivity index (χ3n) is 2.82. The van der Waals surface area contributed by atoms with E-state index in [9.17, 15) is 4.79 Å². The fourth-order valence-electron chi connectivity index (χ4n) is 1.67. The number of nitrogens with zero attached hydrogens (tertiary/aromatic N) is 3. The first-order valence-corrected chi connectivity index (χ1v) is 5.39. The van der Waals surface area contributed by atoms with Gasteiger partial charge in [-0.3, -0.25) is 0 Å². The Balaban J connectivity index is 2.64. The highest BCUT2D eigenvalue weighted by Crippen LogP contribution is 2.19. The van der Waals surface area contributed by atoms with Gasteiger partial charge < -0.3 is 15.0 Å². The van der Waals surface area contributed by atoms with Crippen molar-refractivity contribution in [2.45, 2.75) is 13.8 Å². The van der Waals surface area contributed by atoms with E-state index in [1.165, 1.54) is 19.4 Å². The summed E-state index contributed by atoms with van der Waals surface area (Å²) in [7, 11) is 1.33. The number of anilines is 1. The molecule has 0 bridgehead atoms. The second kappa shape index (κ2) is 4.48. The van der Waals surface area contributed by atoms with Crippen molar-refractivity contribution in [3.63, 3.8) is 0 Å². The zero-order valence-corrected chi connectivity index (χ0v) is 10.5. The summed E-state index contributed by atoms with van der Waals surface area (Å²) in [5.41, 5.74) is 8.40. The summed E-state index contributed by atoms with van der Waals surface area (Å²) in [5.74, 6) is -0.182. The van der Waals surface area contributed by atoms with E-state index in [1.54, 1.807) is 10.9 Å². The van der Waals surface area contributed by atoms with Crippen LogP contribution in [-0.2, 0) is 4.74 Å². The van der Waals surface area contributed by atoms with Gasteiger partial charge in [-0.25, -0.2) is 14.8 Å². The van der Waals surface area contributed by atoms with Gasteiger partial charge in [0.2, 0.25) is 0 Å². The van der Waals surface area contributed by atoms with Gasteiger partial charge in [0.25, 0.3) is 0 Å². The molecule has 18 heavy (non-hydrogen) atoms. The first-order valence-electron chi connectivity index (χ1n) is 5.39. The lowest BCUT2D eigenvalue weighted by Crippen LogP contribution is -2.10. The van der Waals surface area contributed by atoms with Crippen LogP contribution < -0.4 is 5.73 Å². The van der Waals surface area contributed by atoms with E-state index in [-0.39, 0.29) is 5.82 Å². The molecular formula is C12H14N4O2. The number of nitrogens with two attached hydrogens (primary N) is 1. The quantitative estimate of drug-likeness (QED) is 0.806. The maximum Gasteiger partial charge on any atom is 0.340 e. The zero-order chi connectivity index (χ0) is 13.3. The molecule has 0 aliphatic carbocycles. The van der Waals surface area contributed by atoms with E-state index in [1.807, 2.05) is 13.8 Å². The standard InChI is InChI=1S/C12H14N4O2/c1-7-8(2)16(6-15-7)10-5-14-11(13)4-9(10)12(17)18-3/h4-6H,1-3H3,(H2,13,14). The van der Waals surface area contributed by atoms with Gasteiger partial charge in [0.1, 0.15) is 5.82 Å². The monoisotopic (exact) mass is 246 g/mol. The minimum atomic E-state index is -0.454. The molecule has 6 heteroatoms. The molecule has 0 unspecified atom stereocenters. The minimum Gasteiger partial charge on any atom is -0.465 e. The molecule has 6 nitrogen and oxygen atoms in total. The normalized spacial score (nSPS) is 10.4. The number of aryl methyl sites for hydroxylation is 1.